The number of amides is 1. The highest BCUT2D eigenvalue weighted by Gasteiger charge is 2.10. The van der Waals surface area contributed by atoms with Gasteiger partial charge >= 0.3 is 0 Å². The molecule has 1 N–H and O–H groups in total. The lowest BCUT2D eigenvalue weighted by molar-refractivity contribution is -0.118. The molecule has 0 unspecified atom stereocenters. The maximum absolute atomic E-state index is 12.4. The van der Waals surface area contributed by atoms with Crippen LogP contribution in [0.3, 0.4) is 0 Å². The molecule has 5 heteroatoms. The molecule has 5 aromatic rings. The first-order chi connectivity index (χ1) is 17.7. The number of rotatable bonds is 8. The Hall–Kier alpha value is -4.90. The van der Waals surface area contributed by atoms with Crippen LogP contribution in [0.15, 0.2) is 126 Å². The van der Waals surface area contributed by atoms with Crippen LogP contribution in [-0.4, -0.2) is 18.7 Å². The van der Waals surface area contributed by atoms with Crippen LogP contribution in [0, 0.1) is 0 Å². The standard InChI is InChI=1S/C31H24N2O3/c34-31(33-25-10-3-1-4-11-25)22-35-30-20-15-23-9-7-8-14-28(23)29(30)21-32-24-16-18-27(19-17-24)36-26-12-5-2-6-13-26/h1-21H,22H2,(H,33,34). The third kappa shape index (κ3) is 5.77. The topological polar surface area (TPSA) is 59.9 Å². The summed E-state index contributed by atoms with van der Waals surface area (Å²) in [6.07, 6.45) is 1.78. The van der Waals surface area contributed by atoms with Crippen LogP contribution in [0.4, 0.5) is 11.4 Å². The summed E-state index contributed by atoms with van der Waals surface area (Å²) in [5.41, 5.74) is 2.31. The predicted molar refractivity (Wildman–Crippen MR) is 145 cm³/mol. The fourth-order valence-corrected chi connectivity index (χ4v) is 3.76. The van der Waals surface area contributed by atoms with Crippen molar-refractivity contribution in [3.8, 4) is 17.2 Å². The van der Waals surface area contributed by atoms with Gasteiger partial charge in [-0.25, -0.2) is 0 Å². The van der Waals surface area contributed by atoms with E-state index in [1.54, 1.807) is 6.21 Å². The van der Waals surface area contributed by atoms with E-state index >= 15 is 0 Å². The van der Waals surface area contributed by atoms with E-state index in [1.165, 1.54) is 0 Å². The van der Waals surface area contributed by atoms with Crippen LogP contribution in [0.1, 0.15) is 5.56 Å². The predicted octanol–water partition coefficient (Wildman–Crippen LogP) is 7.40. The summed E-state index contributed by atoms with van der Waals surface area (Å²) in [6, 6.07) is 38.4. The van der Waals surface area contributed by atoms with Crippen LogP contribution < -0.4 is 14.8 Å². The van der Waals surface area contributed by atoms with Crippen LogP contribution in [0.5, 0.6) is 17.2 Å². The van der Waals surface area contributed by atoms with Crippen LogP contribution >= 0.6 is 0 Å². The smallest absolute Gasteiger partial charge is 0.262 e. The number of carbonyl (C=O) groups excluding carboxylic acids is 1. The number of aliphatic imine (C=N–C) groups is 1. The highest BCUT2D eigenvalue weighted by Crippen LogP contribution is 2.28. The van der Waals surface area contributed by atoms with Gasteiger partial charge < -0.3 is 14.8 Å². The molecule has 0 atom stereocenters. The van der Waals surface area contributed by atoms with E-state index in [-0.39, 0.29) is 12.5 Å². The zero-order valence-corrected chi connectivity index (χ0v) is 19.5. The molecule has 176 valence electrons. The van der Waals surface area contributed by atoms with Crippen LogP contribution in [-0.2, 0) is 4.79 Å². The SMILES string of the molecule is O=C(COc1ccc2ccccc2c1C=Nc1ccc(Oc2ccccc2)cc1)Nc1ccccc1. The molecule has 0 radical (unpaired) electrons. The van der Waals surface area contributed by atoms with Crippen molar-refractivity contribution in [3.63, 3.8) is 0 Å². The molecule has 0 bridgehead atoms. The van der Waals surface area contributed by atoms with E-state index in [0.717, 1.165) is 39.2 Å². The summed E-state index contributed by atoms with van der Waals surface area (Å²) in [5, 5.41) is 4.89. The molecule has 5 nitrogen and oxygen atoms in total. The molecule has 0 fully saturated rings. The zero-order chi connectivity index (χ0) is 24.6. The summed E-state index contributed by atoms with van der Waals surface area (Å²) < 4.78 is 11.8. The summed E-state index contributed by atoms with van der Waals surface area (Å²) in [6.45, 7) is -0.112. The van der Waals surface area contributed by atoms with Crippen molar-refractivity contribution in [1.82, 2.24) is 0 Å². The molecular weight excluding hydrogens is 448 g/mol. The quantitative estimate of drug-likeness (QED) is 0.239. The number of anilines is 1. The number of nitrogens with one attached hydrogen (secondary N) is 1. The van der Waals surface area contributed by atoms with Gasteiger partial charge in [0.05, 0.1) is 5.69 Å². The van der Waals surface area contributed by atoms with Crippen molar-refractivity contribution in [3.05, 3.63) is 127 Å². The van der Waals surface area contributed by atoms with Gasteiger partial charge in [0.1, 0.15) is 17.2 Å². The first kappa shape index (κ1) is 22.9. The second kappa shape index (κ2) is 11.0. The summed E-state index contributed by atoms with van der Waals surface area (Å²) >= 11 is 0. The fraction of sp³-hybridized carbons (Fsp3) is 0.0323. The van der Waals surface area contributed by atoms with Crippen molar-refractivity contribution in [2.75, 3.05) is 11.9 Å². The van der Waals surface area contributed by atoms with Crippen molar-refractivity contribution in [2.45, 2.75) is 0 Å². The minimum atomic E-state index is -0.230. The Morgan fingerprint density at radius 3 is 2.17 bits per heavy atom. The van der Waals surface area contributed by atoms with Crippen molar-refractivity contribution in [2.24, 2.45) is 4.99 Å². The normalized spacial score (nSPS) is 10.9. The Morgan fingerprint density at radius 1 is 0.722 bits per heavy atom. The Morgan fingerprint density at radius 2 is 1.39 bits per heavy atom. The fourth-order valence-electron chi connectivity index (χ4n) is 3.76. The first-order valence-electron chi connectivity index (χ1n) is 11.6. The monoisotopic (exact) mass is 472 g/mol. The van der Waals surface area contributed by atoms with Gasteiger partial charge in [-0.15, -0.1) is 0 Å². The van der Waals surface area contributed by atoms with E-state index in [9.17, 15) is 4.79 Å². The molecule has 5 aromatic carbocycles. The number of para-hydroxylation sites is 2. The lowest BCUT2D eigenvalue weighted by Crippen LogP contribution is -2.20. The molecule has 0 aromatic heterocycles. The van der Waals surface area contributed by atoms with Gasteiger partial charge in [-0.2, -0.15) is 0 Å². The van der Waals surface area contributed by atoms with Crippen LogP contribution in [0.2, 0.25) is 0 Å². The summed E-state index contributed by atoms with van der Waals surface area (Å²) in [7, 11) is 0. The average Bonchev–Trinajstić information content (AvgIpc) is 2.93. The van der Waals surface area contributed by atoms with E-state index in [4.69, 9.17) is 9.47 Å². The van der Waals surface area contributed by atoms with Gasteiger partial charge in [0, 0.05) is 17.5 Å². The molecule has 0 aliphatic heterocycles. The lowest BCUT2D eigenvalue weighted by Gasteiger charge is -2.12. The minimum Gasteiger partial charge on any atom is -0.483 e. The molecule has 0 saturated carbocycles. The first-order valence-corrected chi connectivity index (χ1v) is 11.6. The average molecular weight is 473 g/mol. The second-order valence-corrected chi connectivity index (χ2v) is 8.07. The lowest BCUT2D eigenvalue weighted by atomic mass is 10.0. The molecule has 0 heterocycles. The highest BCUT2D eigenvalue weighted by atomic mass is 16.5. The Balaban J connectivity index is 1.34. The summed E-state index contributed by atoms with van der Waals surface area (Å²) in [5.74, 6) is 1.87. The van der Waals surface area contributed by atoms with Crippen molar-refractivity contribution < 1.29 is 14.3 Å². The van der Waals surface area contributed by atoms with Gasteiger partial charge in [-0.1, -0.05) is 66.7 Å². The molecule has 0 aliphatic carbocycles. The zero-order valence-electron chi connectivity index (χ0n) is 19.5. The third-order valence-electron chi connectivity index (χ3n) is 5.51. The minimum absolute atomic E-state index is 0.112. The Kier molecular flexibility index (Phi) is 7.00. The Labute approximate surface area is 209 Å². The molecule has 0 spiro atoms. The maximum atomic E-state index is 12.4. The van der Waals surface area contributed by atoms with Gasteiger partial charge in [-0.3, -0.25) is 9.79 Å². The van der Waals surface area contributed by atoms with Gasteiger partial charge in [0.15, 0.2) is 6.61 Å². The number of carbonyl (C=O) groups is 1. The summed E-state index contributed by atoms with van der Waals surface area (Å²) in [4.78, 5) is 17.1. The van der Waals surface area contributed by atoms with E-state index in [0.29, 0.717) is 5.75 Å². The molecule has 0 saturated heterocycles. The van der Waals surface area contributed by atoms with E-state index in [1.807, 2.05) is 121 Å². The van der Waals surface area contributed by atoms with Crippen LogP contribution in [0.25, 0.3) is 10.8 Å². The Bertz CT molecular complexity index is 1480. The number of fused-ring (bicyclic) bond motifs is 1. The molecular formula is C31H24N2O3. The number of nitrogens with zero attached hydrogens (tertiary/aromatic N) is 1. The van der Waals surface area contributed by atoms with E-state index in [2.05, 4.69) is 10.3 Å². The number of ether oxygens (including phenoxy) is 2. The van der Waals surface area contributed by atoms with Gasteiger partial charge in [0.2, 0.25) is 0 Å². The molecule has 5 rings (SSSR count). The number of benzene rings is 5. The highest BCUT2D eigenvalue weighted by molar-refractivity contribution is 6.03. The number of hydrogen-bond acceptors (Lipinski definition) is 4. The largest absolute Gasteiger partial charge is 0.483 e. The van der Waals surface area contributed by atoms with E-state index < -0.39 is 0 Å². The number of hydrogen-bond donors (Lipinski definition) is 1. The molecule has 0 aliphatic rings. The third-order valence-corrected chi connectivity index (χ3v) is 5.51. The van der Waals surface area contributed by atoms with Crippen molar-refractivity contribution in [1.29, 1.82) is 0 Å². The second-order valence-electron chi connectivity index (χ2n) is 8.07. The maximum Gasteiger partial charge on any atom is 0.262 e. The van der Waals surface area contributed by atoms with Gasteiger partial charge in [0.25, 0.3) is 5.91 Å². The van der Waals surface area contributed by atoms with Crippen molar-refractivity contribution >= 4 is 34.3 Å². The molecule has 1 amide bonds. The van der Waals surface area contributed by atoms with Gasteiger partial charge in [-0.05, 0) is 65.4 Å². The molecule has 36 heavy (non-hydrogen) atoms.